The Morgan fingerprint density at radius 2 is 2.12 bits per heavy atom. The fourth-order valence-corrected chi connectivity index (χ4v) is 2.64. The van der Waals surface area contributed by atoms with Crippen molar-refractivity contribution in [3.05, 3.63) is 52.2 Å². The zero-order valence-corrected chi connectivity index (χ0v) is 10.6. The normalized spacial score (nSPS) is 12.4. The first-order valence-electron chi connectivity index (χ1n) is 5.59. The maximum Gasteiger partial charge on any atom is 0.0344 e. The first-order valence-corrected chi connectivity index (χ1v) is 6.47. The number of hydrogen-bond acceptors (Lipinski definition) is 2. The monoisotopic (exact) mass is 231 g/mol. The maximum absolute atomic E-state index is 3.53. The van der Waals surface area contributed by atoms with Crippen LogP contribution in [0.25, 0.3) is 0 Å². The summed E-state index contributed by atoms with van der Waals surface area (Å²) in [6, 6.07) is 13.3. The van der Waals surface area contributed by atoms with Gasteiger partial charge >= 0.3 is 0 Å². The van der Waals surface area contributed by atoms with Crippen molar-refractivity contribution in [3.8, 4) is 0 Å². The quantitative estimate of drug-likeness (QED) is 0.835. The van der Waals surface area contributed by atoms with E-state index in [1.807, 2.05) is 11.3 Å². The molecule has 0 amide bonds. The summed E-state index contributed by atoms with van der Waals surface area (Å²) < 4.78 is 0. The number of nitrogens with one attached hydrogen (secondary N) is 1. The fourth-order valence-electron chi connectivity index (χ4n) is 1.80. The minimum absolute atomic E-state index is 0.473. The van der Waals surface area contributed by atoms with Gasteiger partial charge in [-0.25, -0.2) is 0 Å². The molecule has 2 heteroatoms. The molecule has 1 N–H and O–H groups in total. The Bertz CT molecular complexity index is 434. The van der Waals surface area contributed by atoms with Gasteiger partial charge in [0, 0.05) is 23.0 Å². The second-order valence-electron chi connectivity index (χ2n) is 4.20. The molecule has 1 unspecified atom stereocenters. The van der Waals surface area contributed by atoms with Gasteiger partial charge in [-0.15, -0.1) is 11.3 Å². The highest BCUT2D eigenvalue weighted by Gasteiger charge is 2.04. The highest BCUT2D eigenvalue weighted by Crippen LogP contribution is 2.15. The Hall–Kier alpha value is -1.28. The number of rotatable bonds is 4. The Morgan fingerprint density at radius 3 is 2.81 bits per heavy atom. The highest BCUT2D eigenvalue weighted by atomic mass is 32.1. The first-order chi connectivity index (χ1) is 7.74. The van der Waals surface area contributed by atoms with Crippen LogP contribution in [0.5, 0.6) is 0 Å². The van der Waals surface area contributed by atoms with Gasteiger partial charge in [-0.2, -0.15) is 0 Å². The third-order valence-corrected chi connectivity index (χ3v) is 3.42. The van der Waals surface area contributed by atoms with Crippen LogP contribution in [0.1, 0.15) is 17.4 Å². The lowest BCUT2D eigenvalue weighted by atomic mass is 10.1. The highest BCUT2D eigenvalue weighted by molar-refractivity contribution is 7.09. The molecule has 84 valence electrons. The predicted molar refractivity (Wildman–Crippen MR) is 72.3 cm³/mol. The van der Waals surface area contributed by atoms with Crippen molar-refractivity contribution < 1.29 is 0 Å². The van der Waals surface area contributed by atoms with Crippen molar-refractivity contribution >= 4 is 17.0 Å². The van der Waals surface area contributed by atoms with Gasteiger partial charge in [0.2, 0.25) is 0 Å². The first kappa shape index (κ1) is 11.2. The van der Waals surface area contributed by atoms with Gasteiger partial charge in [0.1, 0.15) is 0 Å². The van der Waals surface area contributed by atoms with Crippen LogP contribution in [-0.4, -0.2) is 6.04 Å². The molecule has 1 atom stereocenters. The summed E-state index contributed by atoms with van der Waals surface area (Å²) in [5.41, 5.74) is 2.51. The van der Waals surface area contributed by atoms with Crippen LogP contribution in [0.2, 0.25) is 0 Å². The molecule has 0 bridgehead atoms. The molecule has 1 nitrogen and oxygen atoms in total. The summed E-state index contributed by atoms with van der Waals surface area (Å²) in [7, 11) is 0. The van der Waals surface area contributed by atoms with Crippen LogP contribution in [0, 0.1) is 6.92 Å². The van der Waals surface area contributed by atoms with E-state index in [2.05, 4.69) is 60.9 Å². The third-order valence-electron chi connectivity index (χ3n) is 2.52. The molecule has 0 saturated heterocycles. The molecule has 0 aliphatic rings. The average Bonchev–Trinajstić information content (AvgIpc) is 2.70. The van der Waals surface area contributed by atoms with E-state index in [0.29, 0.717) is 6.04 Å². The van der Waals surface area contributed by atoms with E-state index in [1.165, 1.54) is 16.1 Å². The molecule has 0 saturated carbocycles. The van der Waals surface area contributed by atoms with E-state index >= 15 is 0 Å². The summed E-state index contributed by atoms with van der Waals surface area (Å²) in [6.07, 6.45) is 1.09. The van der Waals surface area contributed by atoms with Crippen molar-refractivity contribution in [1.82, 2.24) is 0 Å². The summed E-state index contributed by atoms with van der Waals surface area (Å²) in [5.74, 6) is 0. The van der Waals surface area contributed by atoms with Gasteiger partial charge in [-0.05, 0) is 43.0 Å². The van der Waals surface area contributed by atoms with Crippen LogP contribution in [0.15, 0.2) is 41.8 Å². The van der Waals surface area contributed by atoms with Crippen LogP contribution >= 0.6 is 11.3 Å². The van der Waals surface area contributed by atoms with Gasteiger partial charge in [-0.1, -0.05) is 18.2 Å². The number of hydrogen-bond donors (Lipinski definition) is 1. The summed E-state index contributed by atoms with van der Waals surface area (Å²) in [5, 5.41) is 5.66. The van der Waals surface area contributed by atoms with Crippen LogP contribution in [0.4, 0.5) is 5.69 Å². The van der Waals surface area contributed by atoms with Crippen LogP contribution < -0.4 is 5.32 Å². The Morgan fingerprint density at radius 1 is 1.25 bits per heavy atom. The predicted octanol–water partition coefficient (Wildman–Crippen LogP) is 4.10. The molecule has 0 radical (unpaired) electrons. The molecule has 1 heterocycles. The second kappa shape index (κ2) is 5.17. The lowest BCUT2D eigenvalue weighted by Crippen LogP contribution is -2.17. The number of thiophene rings is 1. The zero-order chi connectivity index (χ0) is 11.4. The summed E-state index contributed by atoms with van der Waals surface area (Å²) in [4.78, 5) is 1.44. The van der Waals surface area contributed by atoms with Crippen molar-refractivity contribution in [3.63, 3.8) is 0 Å². The molecule has 16 heavy (non-hydrogen) atoms. The average molecular weight is 231 g/mol. The molecule has 1 aromatic heterocycles. The van der Waals surface area contributed by atoms with E-state index in [0.717, 1.165) is 6.42 Å². The van der Waals surface area contributed by atoms with Gasteiger partial charge < -0.3 is 5.32 Å². The van der Waals surface area contributed by atoms with Gasteiger partial charge in [0.15, 0.2) is 0 Å². The van der Waals surface area contributed by atoms with E-state index < -0.39 is 0 Å². The van der Waals surface area contributed by atoms with E-state index in [1.54, 1.807) is 0 Å². The lowest BCUT2D eigenvalue weighted by Gasteiger charge is -2.14. The Labute approximate surface area is 101 Å². The van der Waals surface area contributed by atoms with Crippen molar-refractivity contribution in [2.24, 2.45) is 0 Å². The van der Waals surface area contributed by atoms with Gasteiger partial charge in [0.25, 0.3) is 0 Å². The van der Waals surface area contributed by atoms with E-state index in [4.69, 9.17) is 0 Å². The minimum atomic E-state index is 0.473. The molecule has 2 aromatic rings. The fraction of sp³-hybridized carbons (Fsp3) is 0.286. The molecule has 0 fully saturated rings. The minimum Gasteiger partial charge on any atom is -0.382 e. The molecule has 2 rings (SSSR count). The maximum atomic E-state index is 3.53. The lowest BCUT2D eigenvalue weighted by molar-refractivity contribution is 0.800. The van der Waals surface area contributed by atoms with Crippen LogP contribution in [-0.2, 0) is 6.42 Å². The van der Waals surface area contributed by atoms with Crippen molar-refractivity contribution in [2.45, 2.75) is 26.3 Å². The molecule has 0 spiro atoms. The Kier molecular flexibility index (Phi) is 3.62. The topological polar surface area (TPSA) is 12.0 Å². The van der Waals surface area contributed by atoms with Gasteiger partial charge in [-0.3, -0.25) is 0 Å². The largest absolute Gasteiger partial charge is 0.382 e. The smallest absolute Gasteiger partial charge is 0.0344 e. The summed E-state index contributed by atoms with van der Waals surface area (Å²) >= 11 is 1.82. The number of benzene rings is 1. The number of aryl methyl sites for hydroxylation is 1. The molecule has 1 aromatic carbocycles. The zero-order valence-electron chi connectivity index (χ0n) is 9.73. The number of anilines is 1. The van der Waals surface area contributed by atoms with Crippen molar-refractivity contribution in [1.29, 1.82) is 0 Å². The third kappa shape index (κ3) is 3.11. The standard InChI is InChI=1S/C14H17NS/c1-11-5-3-6-13(9-11)15-12(2)10-14-7-4-8-16-14/h3-9,12,15H,10H2,1-2H3. The van der Waals surface area contributed by atoms with E-state index in [-0.39, 0.29) is 0 Å². The molecule has 0 aliphatic carbocycles. The molecule has 0 aliphatic heterocycles. The second-order valence-corrected chi connectivity index (χ2v) is 5.23. The van der Waals surface area contributed by atoms with E-state index in [9.17, 15) is 0 Å². The van der Waals surface area contributed by atoms with Crippen LogP contribution in [0.3, 0.4) is 0 Å². The van der Waals surface area contributed by atoms with Gasteiger partial charge in [0.05, 0.1) is 0 Å². The molecular formula is C14H17NS. The summed E-state index contributed by atoms with van der Waals surface area (Å²) in [6.45, 7) is 4.34. The SMILES string of the molecule is Cc1cccc(NC(C)Cc2cccs2)c1. The molecular weight excluding hydrogens is 214 g/mol. The Balaban J connectivity index is 1.94. The van der Waals surface area contributed by atoms with Crippen molar-refractivity contribution in [2.75, 3.05) is 5.32 Å².